The van der Waals surface area contributed by atoms with Crippen LogP contribution in [0.1, 0.15) is 44.6 Å². The number of carbonyl (C=O) groups excluding carboxylic acids is 2. The molecule has 0 aromatic heterocycles. The standard InChI is InChI=1S/C27H36N4O8S/c1-19(27(33)28-21-8-6-5-7-9-21)29(17-20-10-13-23(38-2)14-11-20)26(32)18-30(40(4,36)37)24-16-22(31(34)35)12-15-25(24)39-3/h10-16,19,21H,5-9,17-18H2,1-4H3,(H,28,33)/t19-/m0/s1. The van der Waals surface area contributed by atoms with Crippen LogP contribution in [-0.2, 0) is 26.2 Å². The predicted octanol–water partition coefficient (Wildman–Crippen LogP) is 3.24. The van der Waals surface area contributed by atoms with Gasteiger partial charge in [-0.15, -0.1) is 0 Å². The summed E-state index contributed by atoms with van der Waals surface area (Å²) >= 11 is 0. The number of amides is 2. The lowest BCUT2D eigenvalue weighted by molar-refractivity contribution is -0.384. The zero-order valence-electron chi connectivity index (χ0n) is 23.2. The van der Waals surface area contributed by atoms with Gasteiger partial charge in [-0.05, 0) is 43.5 Å². The Morgan fingerprint density at radius 2 is 1.73 bits per heavy atom. The Morgan fingerprint density at radius 1 is 1.07 bits per heavy atom. The molecule has 218 valence electrons. The number of nitro groups is 1. The van der Waals surface area contributed by atoms with Gasteiger partial charge >= 0.3 is 0 Å². The molecule has 13 heteroatoms. The number of sulfonamides is 1. The minimum atomic E-state index is -4.11. The normalized spacial score (nSPS) is 14.6. The van der Waals surface area contributed by atoms with E-state index in [1.165, 1.54) is 31.3 Å². The molecule has 0 unspecified atom stereocenters. The smallest absolute Gasteiger partial charge is 0.271 e. The van der Waals surface area contributed by atoms with Gasteiger partial charge < -0.3 is 19.7 Å². The number of hydrogen-bond donors (Lipinski definition) is 1. The second-order valence-electron chi connectivity index (χ2n) is 9.77. The van der Waals surface area contributed by atoms with Crippen LogP contribution < -0.4 is 19.1 Å². The quantitative estimate of drug-likeness (QED) is 0.299. The molecule has 3 rings (SSSR count). The van der Waals surface area contributed by atoms with Gasteiger partial charge in [0.1, 0.15) is 29.8 Å². The Kier molecular flexibility index (Phi) is 10.3. The number of non-ortho nitro benzene ring substituents is 1. The van der Waals surface area contributed by atoms with Crippen LogP contribution >= 0.6 is 0 Å². The van der Waals surface area contributed by atoms with E-state index in [1.807, 2.05) is 0 Å². The van der Waals surface area contributed by atoms with Crippen LogP contribution in [0.25, 0.3) is 0 Å². The van der Waals surface area contributed by atoms with Crippen LogP contribution in [0.5, 0.6) is 11.5 Å². The molecule has 1 atom stereocenters. The first-order valence-electron chi connectivity index (χ1n) is 13.0. The van der Waals surface area contributed by atoms with E-state index < -0.39 is 33.4 Å². The van der Waals surface area contributed by atoms with E-state index >= 15 is 0 Å². The highest BCUT2D eigenvalue weighted by molar-refractivity contribution is 7.92. The topological polar surface area (TPSA) is 148 Å². The van der Waals surface area contributed by atoms with E-state index in [4.69, 9.17) is 9.47 Å². The highest BCUT2D eigenvalue weighted by Gasteiger charge is 2.32. The van der Waals surface area contributed by atoms with Gasteiger partial charge in [-0.1, -0.05) is 31.4 Å². The molecule has 0 heterocycles. The fourth-order valence-electron chi connectivity index (χ4n) is 4.66. The molecular weight excluding hydrogens is 540 g/mol. The molecule has 2 amide bonds. The van der Waals surface area contributed by atoms with Crippen molar-refractivity contribution in [2.75, 3.05) is 31.3 Å². The van der Waals surface area contributed by atoms with Crippen molar-refractivity contribution in [2.45, 2.75) is 57.7 Å². The summed E-state index contributed by atoms with van der Waals surface area (Å²) in [5, 5.41) is 14.4. The number of nitrogens with zero attached hydrogens (tertiary/aromatic N) is 3. The molecule has 40 heavy (non-hydrogen) atoms. The molecular formula is C27H36N4O8S. The number of benzene rings is 2. The molecule has 1 fully saturated rings. The van der Waals surface area contributed by atoms with Crippen molar-refractivity contribution >= 4 is 33.2 Å². The lowest BCUT2D eigenvalue weighted by Gasteiger charge is -2.33. The summed E-state index contributed by atoms with van der Waals surface area (Å²) < 4.78 is 37.0. The maximum absolute atomic E-state index is 13.8. The van der Waals surface area contributed by atoms with E-state index in [9.17, 15) is 28.1 Å². The van der Waals surface area contributed by atoms with Crippen molar-refractivity contribution in [3.8, 4) is 11.5 Å². The van der Waals surface area contributed by atoms with Crippen molar-refractivity contribution < 1.29 is 32.4 Å². The Morgan fingerprint density at radius 3 is 2.27 bits per heavy atom. The number of carbonyl (C=O) groups is 2. The summed E-state index contributed by atoms with van der Waals surface area (Å²) in [6.45, 7) is 0.914. The van der Waals surface area contributed by atoms with Gasteiger partial charge in [0.15, 0.2) is 0 Å². The van der Waals surface area contributed by atoms with Gasteiger partial charge in [-0.25, -0.2) is 8.42 Å². The maximum atomic E-state index is 13.8. The number of rotatable bonds is 12. The Bertz CT molecular complexity index is 1310. The Labute approximate surface area is 234 Å². The SMILES string of the molecule is COc1ccc(CN(C(=O)CN(c2cc([N+](=O)[O-])ccc2OC)S(C)(=O)=O)[C@@H](C)C(=O)NC2CCCCC2)cc1. The van der Waals surface area contributed by atoms with E-state index in [2.05, 4.69) is 5.32 Å². The van der Waals surface area contributed by atoms with Gasteiger partial charge in [0.25, 0.3) is 5.69 Å². The molecule has 0 aliphatic heterocycles. The number of nitro benzene ring substituents is 1. The zero-order valence-corrected chi connectivity index (χ0v) is 24.0. The first-order valence-corrected chi connectivity index (χ1v) is 14.8. The van der Waals surface area contributed by atoms with Crippen LogP contribution in [0, 0.1) is 10.1 Å². The molecule has 2 aromatic carbocycles. The fraction of sp³-hybridized carbons (Fsp3) is 0.481. The second-order valence-corrected chi connectivity index (χ2v) is 11.7. The van der Waals surface area contributed by atoms with E-state index in [-0.39, 0.29) is 35.6 Å². The fourth-order valence-corrected chi connectivity index (χ4v) is 5.51. The Balaban J connectivity index is 1.95. The van der Waals surface area contributed by atoms with Crippen LogP contribution in [0.2, 0.25) is 0 Å². The van der Waals surface area contributed by atoms with E-state index in [0.29, 0.717) is 11.3 Å². The van der Waals surface area contributed by atoms with Crippen molar-refractivity contribution in [3.63, 3.8) is 0 Å². The third kappa shape index (κ3) is 7.84. The number of ether oxygens (including phenoxy) is 2. The largest absolute Gasteiger partial charge is 0.497 e. The van der Waals surface area contributed by atoms with Gasteiger partial charge in [0.2, 0.25) is 21.8 Å². The average Bonchev–Trinajstić information content (AvgIpc) is 2.94. The maximum Gasteiger partial charge on any atom is 0.271 e. The molecule has 0 spiro atoms. The van der Waals surface area contributed by atoms with Gasteiger partial charge in [0.05, 0.1) is 25.4 Å². The summed E-state index contributed by atoms with van der Waals surface area (Å²) in [5.74, 6) is -0.354. The van der Waals surface area contributed by atoms with Crippen molar-refractivity contribution in [1.29, 1.82) is 0 Å². The molecule has 0 bridgehead atoms. The van der Waals surface area contributed by atoms with E-state index in [0.717, 1.165) is 48.7 Å². The van der Waals surface area contributed by atoms with Crippen molar-refractivity contribution in [2.24, 2.45) is 0 Å². The molecule has 1 aliphatic carbocycles. The molecule has 1 N–H and O–H groups in total. The zero-order chi connectivity index (χ0) is 29.4. The van der Waals surface area contributed by atoms with Gasteiger partial charge in [-0.3, -0.25) is 24.0 Å². The van der Waals surface area contributed by atoms with Gasteiger partial charge in [0, 0.05) is 24.7 Å². The van der Waals surface area contributed by atoms with Crippen molar-refractivity contribution in [3.05, 3.63) is 58.1 Å². The first kappa shape index (κ1) is 30.7. The highest BCUT2D eigenvalue weighted by atomic mass is 32.2. The highest BCUT2D eigenvalue weighted by Crippen LogP contribution is 2.34. The van der Waals surface area contributed by atoms with Crippen LogP contribution in [0.15, 0.2) is 42.5 Å². The summed E-state index contributed by atoms with van der Waals surface area (Å²) in [7, 11) is -1.28. The summed E-state index contributed by atoms with van der Waals surface area (Å²) in [5.41, 5.74) is 0.175. The lowest BCUT2D eigenvalue weighted by Crippen LogP contribution is -2.53. The molecule has 12 nitrogen and oxygen atoms in total. The third-order valence-corrected chi connectivity index (χ3v) is 8.08. The minimum Gasteiger partial charge on any atom is -0.497 e. The van der Waals surface area contributed by atoms with Crippen LogP contribution in [0.3, 0.4) is 0 Å². The summed E-state index contributed by atoms with van der Waals surface area (Å²) in [6, 6.07) is 9.53. The second kappa shape index (κ2) is 13.5. The number of anilines is 1. The third-order valence-electron chi connectivity index (χ3n) is 6.95. The van der Waals surface area contributed by atoms with Gasteiger partial charge in [-0.2, -0.15) is 0 Å². The van der Waals surface area contributed by atoms with Crippen LogP contribution in [0.4, 0.5) is 11.4 Å². The number of methoxy groups -OCH3 is 2. The minimum absolute atomic E-state index is 0.0169. The number of hydrogen-bond acceptors (Lipinski definition) is 8. The summed E-state index contributed by atoms with van der Waals surface area (Å²) in [4.78, 5) is 39.1. The average molecular weight is 577 g/mol. The van der Waals surface area contributed by atoms with E-state index in [1.54, 1.807) is 31.2 Å². The predicted molar refractivity (Wildman–Crippen MR) is 150 cm³/mol. The molecule has 0 saturated heterocycles. The lowest BCUT2D eigenvalue weighted by atomic mass is 9.95. The first-order chi connectivity index (χ1) is 18.9. The summed E-state index contributed by atoms with van der Waals surface area (Å²) in [6.07, 6.45) is 5.76. The van der Waals surface area contributed by atoms with Crippen molar-refractivity contribution in [1.82, 2.24) is 10.2 Å². The monoisotopic (exact) mass is 576 g/mol. The molecule has 1 aliphatic rings. The molecule has 2 aromatic rings. The molecule has 0 radical (unpaired) electrons. The van der Waals surface area contributed by atoms with Crippen LogP contribution in [-0.4, -0.2) is 69.2 Å². The number of nitrogens with one attached hydrogen (secondary N) is 1. The molecule has 1 saturated carbocycles. The Hall–Kier alpha value is -3.87.